The molecule has 0 atom stereocenters. The molecule has 0 heterocycles. The largest absolute Gasteiger partial charge is 0.507 e. The van der Waals surface area contributed by atoms with Crippen molar-refractivity contribution >= 4 is 45.2 Å². The summed E-state index contributed by atoms with van der Waals surface area (Å²) in [6.07, 6.45) is 0. The van der Waals surface area contributed by atoms with Crippen molar-refractivity contribution in [3.8, 4) is 5.75 Å². The quantitative estimate of drug-likeness (QED) is 0.706. The molecule has 0 amide bonds. The van der Waals surface area contributed by atoms with E-state index in [-0.39, 0.29) is 0 Å². The molecule has 1 aromatic rings. The molecule has 0 aliphatic carbocycles. The molecule has 10 heavy (non-hydrogen) atoms. The van der Waals surface area contributed by atoms with Gasteiger partial charge in [0.2, 0.25) is 0 Å². The van der Waals surface area contributed by atoms with Crippen molar-refractivity contribution in [2.45, 2.75) is 6.92 Å². The second kappa shape index (κ2) is 3.25. The van der Waals surface area contributed by atoms with Crippen molar-refractivity contribution in [1.29, 1.82) is 0 Å². The number of phenols is 1. The first-order valence-corrected chi connectivity index (χ1v) is 4.91. The number of aryl methyl sites for hydroxylation is 1. The Morgan fingerprint density at radius 2 is 1.90 bits per heavy atom. The van der Waals surface area contributed by atoms with E-state index in [1.54, 1.807) is 6.07 Å². The van der Waals surface area contributed by atoms with Crippen LogP contribution in [0.3, 0.4) is 0 Å². The number of rotatable bonds is 0. The Morgan fingerprint density at radius 1 is 1.30 bits per heavy atom. The number of aromatic hydroxyl groups is 1. The van der Waals surface area contributed by atoms with Crippen LogP contribution in [0.15, 0.2) is 12.1 Å². The van der Waals surface area contributed by atoms with Gasteiger partial charge in [-0.2, -0.15) is 0 Å². The van der Waals surface area contributed by atoms with Gasteiger partial charge in [0.25, 0.3) is 0 Å². The third kappa shape index (κ3) is 1.75. The SMILES string of the molecule is Cc1cc(I)cc(O)c1I. The average molecular weight is 360 g/mol. The molecule has 0 aliphatic rings. The number of benzene rings is 1. The summed E-state index contributed by atoms with van der Waals surface area (Å²) in [5.41, 5.74) is 1.13. The van der Waals surface area contributed by atoms with E-state index in [4.69, 9.17) is 0 Å². The molecule has 3 heteroatoms. The molecular formula is C7H6I2O. The zero-order valence-corrected chi connectivity index (χ0v) is 9.67. The molecule has 0 fully saturated rings. The lowest BCUT2D eigenvalue weighted by Gasteiger charge is -2.00. The molecule has 1 rings (SSSR count). The van der Waals surface area contributed by atoms with E-state index in [9.17, 15) is 5.11 Å². The second-order valence-electron chi connectivity index (χ2n) is 2.06. The molecule has 0 saturated carbocycles. The fourth-order valence-corrected chi connectivity index (χ4v) is 1.78. The molecule has 1 nitrogen and oxygen atoms in total. The van der Waals surface area contributed by atoms with Crippen molar-refractivity contribution in [3.05, 3.63) is 24.8 Å². The molecule has 0 spiro atoms. The summed E-state index contributed by atoms with van der Waals surface area (Å²) in [5, 5.41) is 9.27. The Labute approximate surface area is 87.1 Å². The number of hydrogen-bond donors (Lipinski definition) is 1. The Hall–Kier alpha value is 0.480. The van der Waals surface area contributed by atoms with Crippen LogP contribution in [-0.2, 0) is 0 Å². The van der Waals surface area contributed by atoms with Gasteiger partial charge in [-0.25, -0.2) is 0 Å². The zero-order chi connectivity index (χ0) is 7.72. The van der Waals surface area contributed by atoms with Crippen LogP contribution in [0, 0.1) is 14.1 Å². The summed E-state index contributed by atoms with van der Waals surface area (Å²) < 4.78 is 2.02. The van der Waals surface area contributed by atoms with E-state index < -0.39 is 0 Å². The van der Waals surface area contributed by atoms with Crippen LogP contribution in [-0.4, -0.2) is 5.11 Å². The molecule has 0 saturated heterocycles. The van der Waals surface area contributed by atoms with Crippen LogP contribution >= 0.6 is 45.2 Å². The smallest absolute Gasteiger partial charge is 0.130 e. The van der Waals surface area contributed by atoms with Crippen LogP contribution in [0.2, 0.25) is 0 Å². The summed E-state index contributed by atoms with van der Waals surface area (Å²) in [6.45, 7) is 1.99. The summed E-state index contributed by atoms with van der Waals surface area (Å²) in [7, 11) is 0. The Bertz CT molecular complexity index is 235. The molecule has 54 valence electrons. The van der Waals surface area contributed by atoms with Gasteiger partial charge in [0.05, 0.1) is 3.57 Å². The van der Waals surface area contributed by atoms with Crippen LogP contribution in [0.4, 0.5) is 0 Å². The van der Waals surface area contributed by atoms with Crippen LogP contribution in [0.1, 0.15) is 5.56 Å². The Balaban J connectivity index is 3.31. The highest BCUT2D eigenvalue weighted by molar-refractivity contribution is 14.1. The minimum absolute atomic E-state index is 0.380. The lowest BCUT2D eigenvalue weighted by atomic mass is 10.2. The minimum atomic E-state index is 0.380. The maximum atomic E-state index is 9.27. The van der Waals surface area contributed by atoms with E-state index in [0.717, 1.165) is 12.7 Å². The first-order valence-electron chi connectivity index (χ1n) is 2.76. The fourth-order valence-electron chi connectivity index (χ4n) is 0.708. The second-order valence-corrected chi connectivity index (χ2v) is 4.38. The molecule has 0 unspecified atom stereocenters. The Kier molecular flexibility index (Phi) is 2.79. The highest BCUT2D eigenvalue weighted by atomic mass is 127. The van der Waals surface area contributed by atoms with Crippen LogP contribution in [0.25, 0.3) is 0 Å². The zero-order valence-electron chi connectivity index (χ0n) is 5.36. The number of phenolic OH excluding ortho intramolecular Hbond substituents is 1. The van der Waals surface area contributed by atoms with E-state index >= 15 is 0 Å². The summed E-state index contributed by atoms with van der Waals surface area (Å²) in [6, 6.07) is 3.80. The first-order chi connectivity index (χ1) is 4.61. The fraction of sp³-hybridized carbons (Fsp3) is 0.143. The molecule has 1 N–H and O–H groups in total. The maximum absolute atomic E-state index is 9.27. The van der Waals surface area contributed by atoms with Gasteiger partial charge in [-0.05, 0) is 69.8 Å². The van der Waals surface area contributed by atoms with Gasteiger partial charge in [-0.1, -0.05) is 0 Å². The minimum Gasteiger partial charge on any atom is -0.507 e. The summed E-state index contributed by atoms with van der Waals surface area (Å²) >= 11 is 4.32. The lowest BCUT2D eigenvalue weighted by Crippen LogP contribution is -1.82. The molecule has 0 radical (unpaired) electrons. The highest BCUT2D eigenvalue weighted by Crippen LogP contribution is 2.25. The maximum Gasteiger partial charge on any atom is 0.130 e. The van der Waals surface area contributed by atoms with Crippen molar-refractivity contribution < 1.29 is 5.11 Å². The average Bonchev–Trinajstić information content (AvgIpc) is 1.82. The molecule has 1 aromatic carbocycles. The summed E-state index contributed by atoms with van der Waals surface area (Å²) in [5.74, 6) is 0.380. The topological polar surface area (TPSA) is 20.2 Å². The van der Waals surface area contributed by atoms with E-state index in [0.29, 0.717) is 5.75 Å². The van der Waals surface area contributed by atoms with Gasteiger partial charge in [0.15, 0.2) is 0 Å². The standard InChI is InChI=1S/C7H6I2O/c1-4-2-5(8)3-6(10)7(4)9/h2-3,10H,1H3. The van der Waals surface area contributed by atoms with Gasteiger partial charge < -0.3 is 5.11 Å². The van der Waals surface area contributed by atoms with Gasteiger partial charge in [-0.3, -0.25) is 0 Å². The molecule has 0 aliphatic heterocycles. The normalized spacial score (nSPS) is 9.90. The van der Waals surface area contributed by atoms with E-state index in [1.807, 2.05) is 13.0 Å². The molecular weight excluding hydrogens is 354 g/mol. The third-order valence-electron chi connectivity index (χ3n) is 1.20. The van der Waals surface area contributed by atoms with Crippen molar-refractivity contribution in [2.75, 3.05) is 0 Å². The van der Waals surface area contributed by atoms with Crippen LogP contribution < -0.4 is 0 Å². The van der Waals surface area contributed by atoms with Gasteiger partial charge in [0, 0.05) is 3.57 Å². The van der Waals surface area contributed by atoms with Gasteiger partial charge in [-0.15, -0.1) is 0 Å². The van der Waals surface area contributed by atoms with Gasteiger partial charge in [0.1, 0.15) is 5.75 Å². The first kappa shape index (κ1) is 8.58. The number of hydrogen-bond acceptors (Lipinski definition) is 1. The van der Waals surface area contributed by atoms with Crippen molar-refractivity contribution in [3.63, 3.8) is 0 Å². The van der Waals surface area contributed by atoms with E-state index in [2.05, 4.69) is 45.2 Å². The third-order valence-corrected chi connectivity index (χ3v) is 3.23. The van der Waals surface area contributed by atoms with E-state index in [1.165, 1.54) is 0 Å². The number of halogens is 2. The Morgan fingerprint density at radius 3 is 2.40 bits per heavy atom. The molecule has 0 bridgehead atoms. The monoisotopic (exact) mass is 360 g/mol. The van der Waals surface area contributed by atoms with Crippen molar-refractivity contribution in [2.24, 2.45) is 0 Å². The highest BCUT2D eigenvalue weighted by Gasteiger charge is 2.01. The van der Waals surface area contributed by atoms with Crippen LogP contribution in [0.5, 0.6) is 5.75 Å². The van der Waals surface area contributed by atoms with Gasteiger partial charge >= 0.3 is 0 Å². The summed E-state index contributed by atoms with van der Waals surface area (Å²) in [4.78, 5) is 0. The lowest BCUT2D eigenvalue weighted by molar-refractivity contribution is 0.470. The predicted octanol–water partition coefficient (Wildman–Crippen LogP) is 2.91. The predicted molar refractivity (Wildman–Crippen MR) is 58.3 cm³/mol. The molecule has 0 aromatic heterocycles. The van der Waals surface area contributed by atoms with Crippen molar-refractivity contribution in [1.82, 2.24) is 0 Å².